The van der Waals surface area contributed by atoms with Gasteiger partial charge in [-0.05, 0) is 64.9 Å². The zero-order valence-electron chi connectivity index (χ0n) is 15.1. The molecule has 0 unspecified atom stereocenters. The fourth-order valence-corrected chi connectivity index (χ4v) is 3.38. The average molecular weight is 348 g/mol. The van der Waals surface area contributed by atoms with Gasteiger partial charge < -0.3 is 15.3 Å². The second kappa shape index (κ2) is 7.52. The van der Waals surface area contributed by atoms with Crippen molar-refractivity contribution in [1.82, 2.24) is 0 Å². The molecule has 3 aromatic rings. The van der Waals surface area contributed by atoms with E-state index >= 15 is 0 Å². The number of benzene rings is 3. The van der Waals surface area contributed by atoms with Crippen LogP contribution in [-0.2, 0) is 12.8 Å². The highest BCUT2D eigenvalue weighted by Crippen LogP contribution is 2.36. The first-order chi connectivity index (χ1) is 12.5. The van der Waals surface area contributed by atoms with E-state index in [4.69, 9.17) is 0 Å². The molecule has 26 heavy (non-hydrogen) atoms. The Bertz CT molecular complexity index is 844. The van der Waals surface area contributed by atoms with Crippen molar-refractivity contribution >= 4 is 0 Å². The SMILES string of the molecule is CCc1cc(C(c2ccc(O)cc2)c2ccc(O)c(CC)c2)ccc1O. The van der Waals surface area contributed by atoms with Crippen molar-refractivity contribution < 1.29 is 15.3 Å². The van der Waals surface area contributed by atoms with Crippen molar-refractivity contribution in [3.63, 3.8) is 0 Å². The standard InChI is InChI=1S/C23H24O3/c1-3-15-13-18(7-11-21(15)25)23(17-5-9-20(24)10-6-17)19-8-12-22(26)16(4-2)14-19/h5-14,23-26H,3-4H2,1-2H3. The lowest BCUT2D eigenvalue weighted by Crippen LogP contribution is -2.05. The van der Waals surface area contributed by atoms with E-state index in [0.717, 1.165) is 40.7 Å². The van der Waals surface area contributed by atoms with Crippen molar-refractivity contribution in [1.29, 1.82) is 0 Å². The van der Waals surface area contributed by atoms with E-state index in [1.165, 1.54) is 0 Å². The molecule has 3 heteroatoms. The van der Waals surface area contributed by atoms with Crippen LogP contribution in [0.5, 0.6) is 17.2 Å². The van der Waals surface area contributed by atoms with Crippen LogP contribution in [0.1, 0.15) is 47.6 Å². The summed E-state index contributed by atoms with van der Waals surface area (Å²) in [6, 6.07) is 18.6. The highest BCUT2D eigenvalue weighted by atomic mass is 16.3. The third kappa shape index (κ3) is 3.52. The van der Waals surface area contributed by atoms with Gasteiger partial charge in [-0.1, -0.05) is 50.2 Å². The van der Waals surface area contributed by atoms with Crippen molar-refractivity contribution in [2.45, 2.75) is 32.6 Å². The second-order valence-corrected chi connectivity index (χ2v) is 6.51. The lowest BCUT2D eigenvalue weighted by atomic mass is 9.83. The Hall–Kier alpha value is -2.94. The maximum atomic E-state index is 10.0. The number of aromatic hydroxyl groups is 3. The van der Waals surface area contributed by atoms with E-state index in [-0.39, 0.29) is 11.7 Å². The van der Waals surface area contributed by atoms with E-state index < -0.39 is 0 Å². The van der Waals surface area contributed by atoms with Gasteiger partial charge in [0.05, 0.1) is 0 Å². The van der Waals surface area contributed by atoms with Crippen LogP contribution in [0.4, 0.5) is 0 Å². The molecule has 0 bridgehead atoms. The van der Waals surface area contributed by atoms with Crippen molar-refractivity contribution in [2.75, 3.05) is 0 Å². The molecule has 0 aliphatic carbocycles. The van der Waals surface area contributed by atoms with E-state index in [1.54, 1.807) is 24.3 Å². The normalized spacial score (nSPS) is 11.0. The molecule has 3 rings (SSSR count). The maximum absolute atomic E-state index is 10.0. The smallest absolute Gasteiger partial charge is 0.118 e. The van der Waals surface area contributed by atoms with E-state index in [0.29, 0.717) is 11.5 Å². The second-order valence-electron chi connectivity index (χ2n) is 6.51. The number of hydrogen-bond donors (Lipinski definition) is 3. The fourth-order valence-electron chi connectivity index (χ4n) is 3.38. The molecule has 0 amide bonds. The molecule has 134 valence electrons. The Kier molecular flexibility index (Phi) is 5.17. The van der Waals surface area contributed by atoms with Crippen LogP contribution in [0.3, 0.4) is 0 Å². The maximum Gasteiger partial charge on any atom is 0.118 e. The van der Waals surface area contributed by atoms with Crippen LogP contribution in [0, 0.1) is 0 Å². The number of rotatable bonds is 5. The predicted molar refractivity (Wildman–Crippen MR) is 104 cm³/mol. The van der Waals surface area contributed by atoms with Gasteiger partial charge in [0.2, 0.25) is 0 Å². The molecule has 0 heterocycles. The predicted octanol–water partition coefficient (Wildman–Crippen LogP) is 5.11. The van der Waals surface area contributed by atoms with Crippen LogP contribution in [0.15, 0.2) is 60.7 Å². The third-order valence-electron chi connectivity index (χ3n) is 4.86. The summed E-state index contributed by atoms with van der Waals surface area (Å²) >= 11 is 0. The van der Waals surface area contributed by atoms with Crippen molar-refractivity contribution in [3.8, 4) is 17.2 Å². The van der Waals surface area contributed by atoms with Gasteiger partial charge in [0.15, 0.2) is 0 Å². The summed E-state index contributed by atoms with van der Waals surface area (Å²) in [4.78, 5) is 0. The summed E-state index contributed by atoms with van der Waals surface area (Å²) in [5, 5.41) is 29.7. The Morgan fingerprint density at radius 2 is 1.04 bits per heavy atom. The summed E-state index contributed by atoms with van der Waals surface area (Å²) in [7, 11) is 0. The van der Waals surface area contributed by atoms with Gasteiger partial charge in [0, 0.05) is 5.92 Å². The van der Waals surface area contributed by atoms with Gasteiger partial charge in [0.25, 0.3) is 0 Å². The summed E-state index contributed by atoms with van der Waals surface area (Å²) in [6.45, 7) is 4.04. The molecule has 0 spiro atoms. The van der Waals surface area contributed by atoms with Gasteiger partial charge in [-0.3, -0.25) is 0 Å². The fraction of sp³-hybridized carbons (Fsp3) is 0.217. The molecule has 3 aromatic carbocycles. The summed E-state index contributed by atoms with van der Waals surface area (Å²) in [5.74, 6) is 0.793. The summed E-state index contributed by atoms with van der Waals surface area (Å²) in [6.07, 6.45) is 1.50. The monoisotopic (exact) mass is 348 g/mol. The summed E-state index contributed by atoms with van der Waals surface area (Å²) < 4.78 is 0. The van der Waals surface area contributed by atoms with Crippen LogP contribution < -0.4 is 0 Å². The quantitative estimate of drug-likeness (QED) is 0.562. The van der Waals surface area contributed by atoms with Crippen molar-refractivity contribution in [3.05, 3.63) is 88.5 Å². The Labute approximate surface area is 154 Å². The molecule has 3 N–H and O–H groups in total. The Balaban J connectivity index is 2.18. The van der Waals surface area contributed by atoms with Crippen molar-refractivity contribution in [2.24, 2.45) is 0 Å². The number of phenolic OH excluding ortho intramolecular Hbond substituents is 3. The molecule has 0 saturated carbocycles. The van der Waals surface area contributed by atoms with Crippen LogP contribution in [-0.4, -0.2) is 15.3 Å². The van der Waals surface area contributed by atoms with E-state index in [2.05, 4.69) is 0 Å². The molecule has 0 radical (unpaired) electrons. The minimum Gasteiger partial charge on any atom is -0.508 e. The topological polar surface area (TPSA) is 60.7 Å². The molecular weight excluding hydrogens is 324 g/mol. The number of phenols is 3. The molecule has 0 aliphatic rings. The molecule has 0 atom stereocenters. The molecular formula is C23H24O3. The number of aryl methyl sites for hydroxylation is 2. The van der Waals surface area contributed by atoms with Crippen LogP contribution >= 0.6 is 0 Å². The first-order valence-corrected chi connectivity index (χ1v) is 8.96. The van der Waals surface area contributed by atoms with Gasteiger partial charge in [0.1, 0.15) is 17.2 Å². The first kappa shape index (κ1) is 17.9. The molecule has 0 saturated heterocycles. The van der Waals surface area contributed by atoms with Gasteiger partial charge in [-0.25, -0.2) is 0 Å². The van der Waals surface area contributed by atoms with E-state index in [9.17, 15) is 15.3 Å². The van der Waals surface area contributed by atoms with Gasteiger partial charge in [-0.15, -0.1) is 0 Å². The zero-order valence-corrected chi connectivity index (χ0v) is 15.1. The molecule has 0 aromatic heterocycles. The highest BCUT2D eigenvalue weighted by molar-refractivity contribution is 5.50. The minimum absolute atomic E-state index is 0.0487. The van der Waals surface area contributed by atoms with Gasteiger partial charge in [-0.2, -0.15) is 0 Å². The average Bonchev–Trinajstić information content (AvgIpc) is 2.66. The van der Waals surface area contributed by atoms with Crippen LogP contribution in [0.2, 0.25) is 0 Å². The highest BCUT2D eigenvalue weighted by Gasteiger charge is 2.19. The van der Waals surface area contributed by atoms with Crippen LogP contribution in [0.25, 0.3) is 0 Å². The lowest BCUT2D eigenvalue weighted by molar-refractivity contribution is 0.468. The first-order valence-electron chi connectivity index (χ1n) is 8.96. The largest absolute Gasteiger partial charge is 0.508 e. The van der Waals surface area contributed by atoms with Gasteiger partial charge >= 0.3 is 0 Å². The van der Waals surface area contributed by atoms with E-state index in [1.807, 2.05) is 50.2 Å². The summed E-state index contributed by atoms with van der Waals surface area (Å²) in [5.41, 5.74) is 4.99. The molecule has 0 fully saturated rings. The Morgan fingerprint density at radius 1 is 0.615 bits per heavy atom. The zero-order chi connectivity index (χ0) is 18.7. The third-order valence-corrected chi connectivity index (χ3v) is 4.86. The lowest BCUT2D eigenvalue weighted by Gasteiger charge is -2.21. The number of hydrogen-bond acceptors (Lipinski definition) is 3. The minimum atomic E-state index is -0.0487. The molecule has 0 aliphatic heterocycles. The molecule has 3 nitrogen and oxygen atoms in total. The Morgan fingerprint density at radius 3 is 1.46 bits per heavy atom.